The Hall–Kier alpha value is -2.42. The maximum Gasteiger partial charge on any atom is 0.0119 e. The summed E-state index contributed by atoms with van der Waals surface area (Å²) in [7, 11) is 0. The molecule has 0 nitrogen and oxygen atoms in total. The number of hydrogen-bond donors (Lipinski definition) is 1. The molecule has 0 spiro atoms. The minimum atomic E-state index is 0. The van der Waals surface area contributed by atoms with Crippen molar-refractivity contribution in [1.29, 1.82) is 0 Å². The van der Waals surface area contributed by atoms with E-state index < -0.39 is 0 Å². The first kappa shape index (κ1) is 19.9. The Labute approximate surface area is 168 Å². The van der Waals surface area contributed by atoms with Gasteiger partial charge in [0.05, 0.1) is 0 Å². The number of thiol groups is 1. The van der Waals surface area contributed by atoms with Crippen LogP contribution in [0.5, 0.6) is 0 Å². The van der Waals surface area contributed by atoms with Crippen LogP contribution in [0.15, 0.2) is 120 Å². The first-order valence-corrected chi connectivity index (χ1v) is 8.73. The standard InChI is InChI=1S/C12H10S.C12H10.H2S/c13-12-9-5-4-8-11(12)10-6-2-1-3-7-10;1-3-7-11(8-4-1)12-9-5-2-6-10-12;/h1-9,13H;1-10H;1H2. The van der Waals surface area contributed by atoms with Gasteiger partial charge in [0.15, 0.2) is 0 Å². The van der Waals surface area contributed by atoms with E-state index in [0.717, 1.165) is 4.90 Å². The van der Waals surface area contributed by atoms with Gasteiger partial charge in [-0.15, -0.1) is 12.6 Å². The summed E-state index contributed by atoms with van der Waals surface area (Å²) < 4.78 is 0. The molecule has 4 aromatic rings. The van der Waals surface area contributed by atoms with Gasteiger partial charge in [-0.2, -0.15) is 13.5 Å². The molecule has 130 valence electrons. The zero-order valence-corrected chi connectivity index (χ0v) is 16.3. The largest absolute Gasteiger partial charge is 0.197 e. The summed E-state index contributed by atoms with van der Waals surface area (Å²) in [5.41, 5.74) is 4.95. The number of benzene rings is 4. The van der Waals surface area contributed by atoms with E-state index in [1.165, 1.54) is 22.3 Å². The Balaban J connectivity index is 0.000000180. The van der Waals surface area contributed by atoms with Crippen LogP contribution in [0.25, 0.3) is 22.3 Å². The minimum Gasteiger partial charge on any atom is -0.197 e. The van der Waals surface area contributed by atoms with Gasteiger partial charge >= 0.3 is 0 Å². The van der Waals surface area contributed by atoms with Gasteiger partial charge in [0.1, 0.15) is 0 Å². The molecule has 26 heavy (non-hydrogen) atoms. The fraction of sp³-hybridized carbons (Fsp3) is 0. The molecular weight excluding hydrogens is 352 g/mol. The predicted octanol–water partition coefficient (Wildman–Crippen LogP) is 7.11. The van der Waals surface area contributed by atoms with Crippen molar-refractivity contribution in [1.82, 2.24) is 0 Å². The molecule has 0 bridgehead atoms. The van der Waals surface area contributed by atoms with E-state index in [1.807, 2.05) is 48.5 Å². The first-order valence-electron chi connectivity index (χ1n) is 8.28. The van der Waals surface area contributed by atoms with Crippen molar-refractivity contribution >= 4 is 26.1 Å². The summed E-state index contributed by atoms with van der Waals surface area (Å²) in [4.78, 5) is 1.02. The van der Waals surface area contributed by atoms with Crippen LogP contribution in [0.1, 0.15) is 0 Å². The molecule has 2 heteroatoms. The average Bonchev–Trinajstić information content (AvgIpc) is 2.71. The highest BCUT2D eigenvalue weighted by atomic mass is 32.1. The van der Waals surface area contributed by atoms with Crippen molar-refractivity contribution in [2.45, 2.75) is 4.90 Å². The summed E-state index contributed by atoms with van der Waals surface area (Å²) >= 11 is 4.41. The Morgan fingerprint density at radius 1 is 0.385 bits per heavy atom. The van der Waals surface area contributed by atoms with E-state index in [1.54, 1.807) is 0 Å². The smallest absolute Gasteiger partial charge is 0.0119 e. The molecule has 0 N–H and O–H groups in total. The molecule has 0 fully saturated rings. The molecule has 0 unspecified atom stereocenters. The number of hydrogen-bond acceptors (Lipinski definition) is 1. The zero-order chi connectivity index (χ0) is 17.3. The molecule has 0 aliphatic rings. The third-order valence-electron chi connectivity index (χ3n) is 3.87. The molecule has 0 heterocycles. The fourth-order valence-corrected chi connectivity index (χ4v) is 2.89. The summed E-state index contributed by atoms with van der Waals surface area (Å²) in [5.74, 6) is 0. The van der Waals surface area contributed by atoms with Crippen LogP contribution in [-0.2, 0) is 0 Å². The minimum absolute atomic E-state index is 0. The Bertz CT molecular complexity index is 851. The molecule has 0 aliphatic carbocycles. The summed E-state index contributed by atoms with van der Waals surface area (Å²) in [6, 6.07) is 39.2. The Morgan fingerprint density at radius 3 is 1.15 bits per heavy atom. The van der Waals surface area contributed by atoms with E-state index in [4.69, 9.17) is 0 Å². The normalized spacial score (nSPS) is 9.42. The molecule has 0 saturated heterocycles. The van der Waals surface area contributed by atoms with Gasteiger partial charge in [-0.05, 0) is 28.3 Å². The Morgan fingerprint density at radius 2 is 0.731 bits per heavy atom. The van der Waals surface area contributed by atoms with Crippen molar-refractivity contribution in [3.8, 4) is 22.3 Å². The third kappa shape index (κ3) is 5.55. The molecule has 0 saturated carbocycles. The Kier molecular flexibility index (Phi) is 8.07. The fourth-order valence-electron chi connectivity index (χ4n) is 2.60. The predicted molar refractivity (Wildman–Crippen MR) is 121 cm³/mol. The van der Waals surface area contributed by atoms with Gasteiger partial charge in [-0.3, -0.25) is 0 Å². The van der Waals surface area contributed by atoms with Crippen LogP contribution in [0.4, 0.5) is 0 Å². The molecule has 0 atom stereocenters. The van der Waals surface area contributed by atoms with E-state index in [-0.39, 0.29) is 13.5 Å². The molecule has 4 rings (SSSR count). The van der Waals surface area contributed by atoms with Crippen LogP contribution in [0.3, 0.4) is 0 Å². The third-order valence-corrected chi connectivity index (χ3v) is 4.26. The quantitative estimate of drug-likeness (QED) is 0.355. The topological polar surface area (TPSA) is 0 Å². The second kappa shape index (κ2) is 10.5. The van der Waals surface area contributed by atoms with Crippen LogP contribution >= 0.6 is 26.1 Å². The monoisotopic (exact) mass is 374 g/mol. The van der Waals surface area contributed by atoms with Gasteiger partial charge in [-0.25, -0.2) is 0 Å². The molecule has 0 aliphatic heterocycles. The van der Waals surface area contributed by atoms with E-state index in [0.29, 0.717) is 0 Å². The lowest BCUT2D eigenvalue weighted by Gasteiger charge is -2.03. The molecular formula is C24H22S2. The SMILES string of the molecule is S.Sc1ccccc1-c1ccccc1.c1ccc(-c2ccccc2)cc1. The second-order valence-electron chi connectivity index (χ2n) is 5.62. The maximum absolute atomic E-state index is 4.41. The summed E-state index contributed by atoms with van der Waals surface area (Å²) in [6.07, 6.45) is 0. The highest BCUT2D eigenvalue weighted by Gasteiger charge is 1.98. The zero-order valence-electron chi connectivity index (χ0n) is 14.4. The van der Waals surface area contributed by atoms with Gasteiger partial charge in [0, 0.05) is 4.90 Å². The lowest BCUT2D eigenvalue weighted by atomic mass is 10.1. The highest BCUT2D eigenvalue weighted by molar-refractivity contribution is 7.80. The van der Waals surface area contributed by atoms with Gasteiger partial charge in [0.2, 0.25) is 0 Å². The molecule has 0 radical (unpaired) electrons. The molecule has 0 aromatic heterocycles. The molecule has 0 amide bonds. The lowest BCUT2D eigenvalue weighted by molar-refractivity contribution is 1.46. The van der Waals surface area contributed by atoms with Crippen molar-refractivity contribution in [2.24, 2.45) is 0 Å². The van der Waals surface area contributed by atoms with Crippen molar-refractivity contribution in [3.05, 3.63) is 115 Å². The maximum atomic E-state index is 4.41. The van der Waals surface area contributed by atoms with Crippen molar-refractivity contribution < 1.29 is 0 Å². The summed E-state index contributed by atoms with van der Waals surface area (Å²) in [6.45, 7) is 0. The van der Waals surface area contributed by atoms with Crippen molar-refractivity contribution in [2.75, 3.05) is 0 Å². The van der Waals surface area contributed by atoms with E-state index >= 15 is 0 Å². The van der Waals surface area contributed by atoms with Gasteiger partial charge in [-0.1, -0.05) is 109 Å². The molecule has 4 aromatic carbocycles. The second-order valence-corrected chi connectivity index (χ2v) is 6.10. The van der Waals surface area contributed by atoms with Gasteiger partial charge in [0.25, 0.3) is 0 Å². The highest BCUT2D eigenvalue weighted by Crippen LogP contribution is 2.25. The average molecular weight is 375 g/mol. The van der Waals surface area contributed by atoms with Crippen LogP contribution < -0.4 is 0 Å². The van der Waals surface area contributed by atoms with Crippen LogP contribution in [0, 0.1) is 0 Å². The lowest BCUT2D eigenvalue weighted by Crippen LogP contribution is -1.77. The van der Waals surface area contributed by atoms with E-state index in [9.17, 15) is 0 Å². The van der Waals surface area contributed by atoms with Gasteiger partial charge < -0.3 is 0 Å². The van der Waals surface area contributed by atoms with E-state index in [2.05, 4.69) is 79.4 Å². The van der Waals surface area contributed by atoms with Crippen LogP contribution in [0.2, 0.25) is 0 Å². The first-order chi connectivity index (χ1) is 12.3. The van der Waals surface area contributed by atoms with Crippen molar-refractivity contribution in [3.63, 3.8) is 0 Å². The van der Waals surface area contributed by atoms with Crippen LogP contribution in [-0.4, -0.2) is 0 Å². The summed E-state index contributed by atoms with van der Waals surface area (Å²) in [5, 5.41) is 0. The number of rotatable bonds is 2.